The largest absolute Gasteiger partial charge is 0.481 e. The van der Waals surface area contributed by atoms with E-state index >= 15 is 0 Å². The first-order valence-electron chi connectivity index (χ1n) is 12.4. The number of piperidine rings is 1. The van der Waals surface area contributed by atoms with Gasteiger partial charge in [-0.15, -0.1) is 0 Å². The number of hydrogen-bond acceptors (Lipinski definition) is 5. The Kier molecular flexibility index (Phi) is 9.89. The van der Waals surface area contributed by atoms with Crippen LogP contribution in [0.1, 0.15) is 51.5 Å². The molecule has 0 aromatic carbocycles. The van der Waals surface area contributed by atoms with Gasteiger partial charge in [-0.1, -0.05) is 20.3 Å². The first kappa shape index (κ1) is 23.5. The standard InChI is InChI=1S/C17H33N3.C8H11NO/c1-2-18-10-12-20(13-11-18)15-17-6-8-19(9-7-17)14-16-4-3-5-16;1-3-7-4-5-9-8(6-7)10-2/h16-17H,2-15H2,1H3;4-6H,3H2,1-2H3. The van der Waals surface area contributed by atoms with Gasteiger partial charge in [-0.25, -0.2) is 4.98 Å². The highest BCUT2D eigenvalue weighted by Crippen LogP contribution is 2.29. The van der Waals surface area contributed by atoms with Gasteiger partial charge in [-0.2, -0.15) is 0 Å². The molecule has 5 nitrogen and oxygen atoms in total. The molecule has 0 atom stereocenters. The van der Waals surface area contributed by atoms with Gasteiger partial charge in [0, 0.05) is 51.5 Å². The van der Waals surface area contributed by atoms with Crippen molar-refractivity contribution in [3.05, 3.63) is 23.9 Å². The van der Waals surface area contributed by atoms with Crippen molar-refractivity contribution in [2.75, 3.05) is 66.0 Å². The van der Waals surface area contributed by atoms with E-state index in [4.69, 9.17) is 4.74 Å². The summed E-state index contributed by atoms with van der Waals surface area (Å²) in [5, 5.41) is 0. The molecule has 1 aromatic heterocycles. The number of piperazine rings is 1. The molecule has 2 aliphatic heterocycles. The van der Waals surface area contributed by atoms with Gasteiger partial charge in [0.05, 0.1) is 7.11 Å². The summed E-state index contributed by atoms with van der Waals surface area (Å²) in [5.41, 5.74) is 1.26. The highest BCUT2D eigenvalue weighted by Gasteiger charge is 2.26. The van der Waals surface area contributed by atoms with Crippen molar-refractivity contribution in [3.63, 3.8) is 0 Å². The minimum Gasteiger partial charge on any atom is -0.481 e. The maximum Gasteiger partial charge on any atom is 0.213 e. The summed E-state index contributed by atoms with van der Waals surface area (Å²) in [5.74, 6) is 2.72. The number of likely N-dealkylation sites (tertiary alicyclic amines) is 1. The monoisotopic (exact) mass is 416 g/mol. The second-order valence-electron chi connectivity index (χ2n) is 9.34. The molecule has 0 spiro atoms. The smallest absolute Gasteiger partial charge is 0.213 e. The summed E-state index contributed by atoms with van der Waals surface area (Å²) in [6.07, 6.45) is 10.2. The lowest BCUT2D eigenvalue weighted by molar-refractivity contribution is 0.0867. The highest BCUT2D eigenvalue weighted by molar-refractivity contribution is 5.19. The van der Waals surface area contributed by atoms with Gasteiger partial charge in [0.25, 0.3) is 0 Å². The summed E-state index contributed by atoms with van der Waals surface area (Å²) in [6, 6.07) is 3.93. The van der Waals surface area contributed by atoms with Gasteiger partial charge < -0.3 is 19.4 Å². The molecule has 0 bridgehead atoms. The van der Waals surface area contributed by atoms with Crippen molar-refractivity contribution < 1.29 is 4.74 Å². The zero-order valence-electron chi connectivity index (χ0n) is 19.7. The lowest BCUT2D eigenvalue weighted by atomic mass is 9.84. The Labute approximate surface area is 184 Å². The van der Waals surface area contributed by atoms with E-state index in [0.717, 1.165) is 18.3 Å². The van der Waals surface area contributed by atoms with Gasteiger partial charge >= 0.3 is 0 Å². The molecule has 2 saturated heterocycles. The third-order valence-corrected chi connectivity index (χ3v) is 7.29. The maximum absolute atomic E-state index is 4.95. The number of aryl methyl sites for hydroxylation is 1. The van der Waals surface area contributed by atoms with Crippen LogP contribution < -0.4 is 4.74 Å². The van der Waals surface area contributed by atoms with Crippen LogP contribution in [0.4, 0.5) is 0 Å². The van der Waals surface area contributed by atoms with Gasteiger partial charge in [0.15, 0.2) is 0 Å². The molecule has 1 saturated carbocycles. The number of methoxy groups -OCH3 is 1. The number of nitrogens with zero attached hydrogens (tertiary/aromatic N) is 4. The Morgan fingerprint density at radius 3 is 2.00 bits per heavy atom. The fourth-order valence-corrected chi connectivity index (χ4v) is 4.83. The Hall–Kier alpha value is -1.17. The van der Waals surface area contributed by atoms with E-state index in [1.807, 2.05) is 12.1 Å². The van der Waals surface area contributed by atoms with Gasteiger partial charge in [0.2, 0.25) is 5.88 Å². The normalized spacial score (nSPS) is 22.2. The van der Waals surface area contributed by atoms with E-state index in [0.29, 0.717) is 5.88 Å². The molecule has 3 fully saturated rings. The fraction of sp³-hybridized carbons (Fsp3) is 0.800. The molecule has 4 rings (SSSR count). The van der Waals surface area contributed by atoms with Crippen molar-refractivity contribution in [1.29, 1.82) is 0 Å². The number of likely N-dealkylation sites (N-methyl/N-ethyl adjacent to an activating group) is 1. The summed E-state index contributed by atoms with van der Waals surface area (Å²) in [4.78, 5) is 12.0. The van der Waals surface area contributed by atoms with Gasteiger partial charge in [0.1, 0.15) is 0 Å². The Morgan fingerprint density at radius 2 is 1.47 bits per heavy atom. The van der Waals surface area contributed by atoms with E-state index in [2.05, 4.69) is 33.5 Å². The van der Waals surface area contributed by atoms with Crippen LogP contribution >= 0.6 is 0 Å². The molecular weight excluding hydrogens is 372 g/mol. The fourth-order valence-electron chi connectivity index (χ4n) is 4.83. The number of pyridine rings is 1. The summed E-state index contributed by atoms with van der Waals surface area (Å²) in [7, 11) is 1.63. The van der Waals surface area contributed by atoms with Crippen LogP contribution in [-0.2, 0) is 6.42 Å². The molecule has 0 amide bonds. The lowest BCUT2D eigenvalue weighted by Gasteiger charge is -2.40. The molecular formula is C25H44N4O. The molecule has 1 aromatic rings. The van der Waals surface area contributed by atoms with Gasteiger partial charge in [-0.05, 0) is 75.2 Å². The summed E-state index contributed by atoms with van der Waals surface area (Å²) < 4.78 is 4.95. The molecule has 30 heavy (non-hydrogen) atoms. The van der Waals surface area contributed by atoms with Crippen LogP contribution in [0.25, 0.3) is 0 Å². The number of hydrogen-bond donors (Lipinski definition) is 0. The molecule has 0 unspecified atom stereocenters. The van der Waals surface area contributed by atoms with Crippen molar-refractivity contribution >= 4 is 0 Å². The lowest BCUT2D eigenvalue weighted by Crippen LogP contribution is -2.48. The summed E-state index contributed by atoms with van der Waals surface area (Å²) in [6.45, 7) is 16.3. The highest BCUT2D eigenvalue weighted by atomic mass is 16.5. The van der Waals surface area contributed by atoms with Crippen LogP contribution in [0.15, 0.2) is 18.3 Å². The Balaban J connectivity index is 0.000000216. The van der Waals surface area contributed by atoms with E-state index in [1.54, 1.807) is 13.3 Å². The van der Waals surface area contributed by atoms with Gasteiger partial charge in [-0.3, -0.25) is 0 Å². The average molecular weight is 417 g/mol. The molecule has 3 aliphatic rings. The topological polar surface area (TPSA) is 31.8 Å². The van der Waals surface area contributed by atoms with Crippen LogP contribution in [0.5, 0.6) is 5.88 Å². The van der Waals surface area contributed by atoms with Crippen LogP contribution in [0, 0.1) is 11.8 Å². The summed E-state index contributed by atoms with van der Waals surface area (Å²) >= 11 is 0. The van der Waals surface area contributed by atoms with Crippen LogP contribution in [0.2, 0.25) is 0 Å². The first-order valence-corrected chi connectivity index (χ1v) is 12.4. The third-order valence-electron chi connectivity index (χ3n) is 7.29. The predicted molar refractivity (Wildman–Crippen MR) is 125 cm³/mol. The van der Waals surface area contributed by atoms with E-state index in [1.165, 1.54) is 96.6 Å². The molecule has 0 N–H and O–H groups in total. The minimum atomic E-state index is 0.694. The Bertz CT molecular complexity index is 571. The SMILES string of the molecule is CCN1CCN(CC2CCN(CC3CCC3)CC2)CC1.CCc1ccnc(OC)c1. The molecule has 0 radical (unpaired) electrons. The molecule has 5 heteroatoms. The zero-order valence-corrected chi connectivity index (χ0v) is 19.7. The van der Waals surface area contributed by atoms with Crippen LogP contribution in [0.3, 0.4) is 0 Å². The van der Waals surface area contributed by atoms with Crippen molar-refractivity contribution in [2.45, 2.75) is 52.4 Å². The van der Waals surface area contributed by atoms with E-state index in [-0.39, 0.29) is 0 Å². The number of ether oxygens (including phenoxy) is 1. The predicted octanol–water partition coefficient (Wildman–Crippen LogP) is 3.79. The zero-order chi connectivity index (χ0) is 21.2. The van der Waals surface area contributed by atoms with Crippen LogP contribution in [-0.4, -0.2) is 85.7 Å². The maximum atomic E-state index is 4.95. The quantitative estimate of drug-likeness (QED) is 0.675. The second kappa shape index (κ2) is 12.6. The molecule has 1 aliphatic carbocycles. The minimum absolute atomic E-state index is 0.694. The average Bonchev–Trinajstić information content (AvgIpc) is 2.78. The van der Waals surface area contributed by atoms with Crippen molar-refractivity contribution in [3.8, 4) is 5.88 Å². The van der Waals surface area contributed by atoms with Crippen molar-refractivity contribution in [1.82, 2.24) is 19.7 Å². The molecule has 170 valence electrons. The van der Waals surface area contributed by atoms with Crippen molar-refractivity contribution in [2.24, 2.45) is 11.8 Å². The number of aromatic nitrogens is 1. The van der Waals surface area contributed by atoms with E-state index in [9.17, 15) is 0 Å². The molecule has 3 heterocycles. The van der Waals surface area contributed by atoms with E-state index < -0.39 is 0 Å². The third kappa shape index (κ3) is 7.51. The Morgan fingerprint density at radius 1 is 0.867 bits per heavy atom. The second-order valence-corrected chi connectivity index (χ2v) is 9.34. The number of rotatable bonds is 7. The first-order chi connectivity index (χ1) is 14.7.